The average molecular weight is 232 g/mol. The standard InChI is InChI=1S/C10H20N2O2S/c1-7(2)6-9(11)10(14)12(4-5-15)8(3)13/h7,9,15H,4-6,11H2,1-3H3. The molecule has 15 heavy (non-hydrogen) atoms. The van der Waals surface area contributed by atoms with Gasteiger partial charge in [-0.2, -0.15) is 12.6 Å². The maximum absolute atomic E-state index is 11.8. The van der Waals surface area contributed by atoms with Crippen molar-refractivity contribution in [3.63, 3.8) is 0 Å². The van der Waals surface area contributed by atoms with Crippen molar-refractivity contribution < 1.29 is 9.59 Å². The van der Waals surface area contributed by atoms with Gasteiger partial charge >= 0.3 is 0 Å². The lowest BCUT2D eigenvalue weighted by molar-refractivity contribution is -0.144. The molecule has 0 heterocycles. The largest absolute Gasteiger partial charge is 0.320 e. The van der Waals surface area contributed by atoms with Crippen molar-refractivity contribution in [1.29, 1.82) is 0 Å². The highest BCUT2D eigenvalue weighted by molar-refractivity contribution is 7.80. The molecule has 2 N–H and O–H groups in total. The van der Waals surface area contributed by atoms with Crippen molar-refractivity contribution >= 4 is 24.4 Å². The van der Waals surface area contributed by atoms with E-state index in [0.717, 1.165) is 0 Å². The van der Waals surface area contributed by atoms with Crippen molar-refractivity contribution in [2.24, 2.45) is 11.7 Å². The van der Waals surface area contributed by atoms with Crippen LogP contribution in [0.15, 0.2) is 0 Å². The smallest absolute Gasteiger partial charge is 0.246 e. The summed E-state index contributed by atoms with van der Waals surface area (Å²) >= 11 is 4.00. The molecule has 1 unspecified atom stereocenters. The number of thiol groups is 1. The fraction of sp³-hybridized carbons (Fsp3) is 0.800. The van der Waals surface area contributed by atoms with Crippen molar-refractivity contribution in [3.05, 3.63) is 0 Å². The lowest BCUT2D eigenvalue weighted by atomic mass is 10.0. The molecule has 0 spiro atoms. The van der Waals surface area contributed by atoms with E-state index >= 15 is 0 Å². The van der Waals surface area contributed by atoms with Crippen LogP contribution in [0.4, 0.5) is 0 Å². The summed E-state index contributed by atoms with van der Waals surface area (Å²) in [5.41, 5.74) is 5.72. The average Bonchev–Trinajstić information content (AvgIpc) is 2.11. The van der Waals surface area contributed by atoms with Gasteiger partial charge in [-0.05, 0) is 12.3 Å². The van der Waals surface area contributed by atoms with E-state index in [0.29, 0.717) is 24.6 Å². The molecule has 2 amide bonds. The maximum atomic E-state index is 11.8. The van der Waals surface area contributed by atoms with Crippen molar-refractivity contribution in [2.75, 3.05) is 12.3 Å². The zero-order chi connectivity index (χ0) is 12.0. The fourth-order valence-electron chi connectivity index (χ4n) is 1.33. The number of carbonyl (C=O) groups is 2. The summed E-state index contributed by atoms with van der Waals surface area (Å²) in [5.74, 6) is 0.229. The van der Waals surface area contributed by atoms with E-state index in [4.69, 9.17) is 5.73 Å². The molecule has 0 saturated carbocycles. The number of imide groups is 1. The van der Waals surface area contributed by atoms with E-state index in [1.807, 2.05) is 13.8 Å². The number of amides is 2. The Morgan fingerprint density at radius 1 is 1.40 bits per heavy atom. The third kappa shape index (κ3) is 5.18. The first-order valence-electron chi connectivity index (χ1n) is 5.08. The van der Waals surface area contributed by atoms with E-state index in [2.05, 4.69) is 12.6 Å². The number of nitrogens with two attached hydrogens (primary N) is 1. The molecule has 88 valence electrons. The van der Waals surface area contributed by atoms with Gasteiger partial charge in [0, 0.05) is 19.2 Å². The Morgan fingerprint density at radius 2 is 1.93 bits per heavy atom. The van der Waals surface area contributed by atoms with Gasteiger partial charge in [-0.25, -0.2) is 0 Å². The highest BCUT2D eigenvalue weighted by Gasteiger charge is 2.23. The Balaban J connectivity index is 4.42. The van der Waals surface area contributed by atoms with Crippen LogP contribution in [0.3, 0.4) is 0 Å². The predicted molar refractivity (Wildman–Crippen MR) is 63.7 cm³/mol. The summed E-state index contributed by atoms with van der Waals surface area (Å²) in [6.45, 7) is 5.67. The van der Waals surface area contributed by atoms with Crippen molar-refractivity contribution in [1.82, 2.24) is 4.90 Å². The third-order valence-corrected chi connectivity index (χ3v) is 2.21. The summed E-state index contributed by atoms with van der Waals surface area (Å²) in [5, 5.41) is 0. The third-order valence-electron chi connectivity index (χ3n) is 2.01. The first-order chi connectivity index (χ1) is 6.90. The first kappa shape index (κ1) is 14.5. The maximum Gasteiger partial charge on any atom is 0.246 e. The van der Waals surface area contributed by atoms with Crippen LogP contribution in [-0.2, 0) is 9.59 Å². The Morgan fingerprint density at radius 3 is 2.27 bits per heavy atom. The van der Waals surface area contributed by atoms with Gasteiger partial charge in [-0.15, -0.1) is 0 Å². The summed E-state index contributed by atoms with van der Waals surface area (Å²) < 4.78 is 0. The van der Waals surface area contributed by atoms with E-state index in [9.17, 15) is 9.59 Å². The number of carbonyl (C=O) groups excluding carboxylic acids is 2. The molecular weight excluding hydrogens is 212 g/mol. The minimum Gasteiger partial charge on any atom is -0.320 e. The molecule has 4 nitrogen and oxygen atoms in total. The minimum atomic E-state index is -0.589. The monoisotopic (exact) mass is 232 g/mol. The van der Waals surface area contributed by atoms with Gasteiger partial charge in [0.05, 0.1) is 6.04 Å². The Bertz CT molecular complexity index is 231. The summed E-state index contributed by atoms with van der Waals surface area (Å²) in [4.78, 5) is 24.1. The highest BCUT2D eigenvalue weighted by Crippen LogP contribution is 2.06. The molecule has 0 aliphatic heterocycles. The summed E-state index contributed by atoms with van der Waals surface area (Å²) in [7, 11) is 0. The molecule has 0 bridgehead atoms. The van der Waals surface area contributed by atoms with Crippen LogP contribution in [0.25, 0.3) is 0 Å². The second-order valence-corrected chi connectivity index (χ2v) is 4.42. The van der Waals surface area contributed by atoms with Gasteiger partial charge < -0.3 is 5.73 Å². The fourth-order valence-corrected chi connectivity index (χ4v) is 1.53. The Hall–Kier alpha value is -0.550. The lowest BCUT2D eigenvalue weighted by Gasteiger charge is -2.22. The molecule has 0 aliphatic rings. The van der Waals surface area contributed by atoms with Gasteiger partial charge in [0.2, 0.25) is 11.8 Å². The predicted octanol–water partition coefficient (Wildman–Crippen LogP) is 0.665. The van der Waals surface area contributed by atoms with Crippen molar-refractivity contribution in [3.8, 4) is 0 Å². The van der Waals surface area contributed by atoms with Gasteiger partial charge in [0.15, 0.2) is 0 Å². The first-order valence-corrected chi connectivity index (χ1v) is 5.71. The SMILES string of the molecule is CC(=O)N(CCS)C(=O)C(N)CC(C)C. The van der Waals surface area contributed by atoms with Crippen molar-refractivity contribution in [2.45, 2.75) is 33.2 Å². The minimum absolute atomic E-state index is 0.270. The molecule has 0 saturated heterocycles. The Labute approximate surface area is 96.6 Å². The van der Waals surface area contributed by atoms with E-state index < -0.39 is 6.04 Å². The second-order valence-electron chi connectivity index (χ2n) is 3.97. The second kappa shape index (κ2) is 6.85. The summed E-state index contributed by atoms with van der Waals surface area (Å²) in [6, 6.07) is -0.589. The molecule has 0 radical (unpaired) electrons. The summed E-state index contributed by atoms with van der Waals surface area (Å²) in [6.07, 6.45) is 0.592. The van der Waals surface area contributed by atoms with Gasteiger partial charge in [0.1, 0.15) is 0 Å². The molecule has 1 atom stereocenters. The zero-order valence-corrected chi connectivity index (χ0v) is 10.5. The molecule has 5 heteroatoms. The zero-order valence-electron chi connectivity index (χ0n) is 9.56. The lowest BCUT2D eigenvalue weighted by Crippen LogP contribution is -2.47. The molecule has 0 aromatic heterocycles. The number of nitrogens with zero attached hydrogens (tertiary/aromatic N) is 1. The van der Waals surface area contributed by atoms with Crippen LogP contribution in [0.1, 0.15) is 27.2 Å². The van der Waals surface area contributed by atoms with E-state index in [1.54, 1.807) is 0 Å². The number of hydrogen-bond acceptors (Lipinski definition) is 4. The van der Waals surface area contributed by atoms with E-state index in [-0.39, 0.29) is 11.8 Å². The van der Waals surface area contributed by atoms with Gasteiger partial charge in [0.25, 0.3) is 0 Å². The molecular formula is C10H20N2O2S. The van der Waals surface area contributed by atoms with Crippen LogP contribution in [0.2, 0.25) is 0 Å². The van der Waals surface area contributed by atoms with Crippen LogP contribution < -0.4 is 5.73 Å². The molecule has 0 aliphatic carbocycles. The van der Waals surface area contributed by atoms with Crippen LogP contribution in [0, 0.1) is 5.92 Å². The quantitative estimate of drug-likeness (QED) is 0.685. The van der Waals surface area contributed by atoms with Crippen LogP contribution >= 0.6 is 12.6 Å². The highest BCUT2D eigenvalue weighted by atomic mass is 32.1. The molecule has 0 rings (SSSR count). The number of rotatable bonds is 5. The molecule has 0 fully saturated rings. The van der Waals surface area contributed by atoms with Crippen LogP contribution in [-0.4, -0.2) is 35.1 Å². The van der Waals surface area contributed by atoms with E-state index in [1.165, 1.54) is 11.8 Å². The molecule has 0 aromatic carbocycles. The number of hydrogen-bond donors (Lipinski definition) is 2. The molecule has 0 aromatic rings. The van der Waals surface area contributed by atoms with Gasteiger partial charge in [-0.1, -0.05) is 13.8 Å². The van der Waals surface area contributed by atoms with Gasteiger partial charge in [-0.3, -0.25) is 14.5 Å². The normalized spacial score (nSPS) is 12.7. The Kier molecular flexibility index (Phi) is 6.60. The van der Waals surface area contributed by atoms with Crippen LogP contribution in [0.5, 0.6) is 0 Å². The topological polar surface area (TPSA) is 63.4 Å².